The second kappa shape index (κ2) is 7.16. The Morgan fingerprint density at radius 1 is 1.61 bits per heavy atom. The number of carbonyl (C=O) groups is 1. The van der Waals surface area contributed by atoms with Crippen LogP contribution in [0, 0.1) is 6.92 Å². The molecule has 1 N–H and O–H groups in total. The zero-order valence-electron chi connectivity index (χ0n) is 13.2. The Hall–Kier alpha value is -1.84. The van der Waals surface area contributed by atoms with Crippen molar-refractivity contribution in [2.75, 3.05) is 32.0 Å². The van der Waals surface area contributed by atoms with E-state index in [1.54, 1.807) is 13.1 Å². The number of anilines is 1. The van der Waals surface area contributed by atoms with Gasteiger partial charge in [-0.25, -0.2) is 4.98 Å². The van der Waals surface area contributed by atoms with Crippen LogP contribution in [0.2, 0.25) is 0 Å². The normalized spacial score (nSPS) is 18.7. The fourth-order valence-corrected chi connectivity index (χ4v) is 3.27. The van der Waals surface area contributed by atoms with Crippen molar-refractivity contribution in [3.63, 3.8) is 0 Å². The molecule has 0 aliphatic carbocycles. The molecule has 1 atom stereocenters. The third-order valence-electron chi connectivity index (χ3n) is 3.88. The number of nitrogens with one attached hydrogen (secondary N) is 1. The minimum absolute atomic E-state index is 0.0166. The molecule has 3 heterocycles. The second-order valence-corrected chi connectivity index (χ2v) is 6.60. The number of hydrogen-bond acceptors (Lipinski definition) is 8. The molecule has 0 spiro atoms. The first-order chi connectivity index (χ1) is 11.1. The Balaban J connectivity index is 1.45. The van der Waals surface area contributed by atoms with Crippen molar-refractivity contribution in [3.8, 4) is 0 Å². The van der Waals surface area contributed by atoms with Crippen LogP contribution >= 0.6 is 11.3 Å². The van der Waals surface area contributed by atoms with E-state index in [4.69, 9.17) is 4.52 Å². The van der Waals surface area contributed by atoms with Crippen molar-refractivity contribution in [1.29, 1.82) is 0 Å². The van der Waals surface area contributed by atoms with Crippen LogP contribution < -0.4 is 5.32 Å². The summed E-state index contributed by atoms with van der Waals surface area (Å²) >= 11 is 1.43. The Labute approximate surface area is 138 Å². The van der Waals surface area contributed by atoms with Crippen molar-refractivity contribution in [1.82, 2.24) is 24.9 Å². The molecule has 2 aromatic rings. The Bertz CT molecular complexity index is 643. The summed E-state index contributed by atoms with van der Waals surface area (Å²) in [6.45, 7) is 4.60. The lowest BCUT2D eigenvalue weighted by Gasteiger charge is -2.23. The van der Waals surface area contributed by atoms with Crippen molar-refractivity contribution in [2.24, 2.45) is 0 Å². The molecule has 3 rings (SSSR count). The van der Waals surface area contributed by atoms with Gasteiger partial charge in [-0.2, -0.15) is 4.98 Å². The van der Waals surface area contributed by atoms with Crippen LogP contribution in [0.4, 0.5) is 5.13 Å². The molecular formula is C14H20N6O2S. The van der Waals surface area contributed by atoms with E-state index in [-0.39, 0.29) is 5.91 Å². The highest BCUT2D eigenvalue weighted by molar-refractivity contribution is 7.13. The van der Waals surface area contributed by atoms with Gasteiger partial charge in [-0.05, 0) is 13.5 Å². The van der Waals surface area contributed by atoms with Crippen LogP contribution in [0.15, 0.2) is 16.1 Å². The number of thiazole rings is 1. The molecule has 1 aliphatic heterocycles. The van der Waals surface area contributed by atoms with Gasteiger partial charge in [0.15, 0.2) is 11.0 Å². The van der Waals surface area contributed by atoms with E-state index in [9.17, 15) is 4.79 Å². The number of aryl methyl sites for hydroxylation is 1. The van der Waals surface area contributed by atoms with Gasteiger partial charge in [0.05, 0.1) is 13.1 Å². The maximum atomic E-state index is 12.0. The average Bonchev–Trinajstić information content (AvgIpc) is 3.22. The fraction of sp³-hybridized carbons (Fsp3) is 0.571. The first-order valence-corrected chi connectivity index (χ1v) is 8.39. The number of hydrogen-bond donors (Lipinski definition) is 1. The summed E-state index contributed by atoms with van der Waals surface area (Å²) < 4.78 is 5.00. The molecule has 0 unspecified atom stereocenters. The lowest BCUT2D eigenvalue weighted by atomic mass is 10.2. The Kier molecular flexibility index (Phi) is 4.99. The maximum Gasteiger partial charge on any atom is 0.240 e. The van der Waals surface area contributed by atoms with E-state index in [2.05, 4.69) is 37.3 Å². The van der Waals surface area contributed by atoms with Crippen LogP contribution in [-0.4, -0.2) is 63.6 Å². The Morgan fingerprint density at radius 2 is 2.48 bits per heavy atom. The topological polar surface area (TPSA) is 87.4 Å². The van der Waals surface area contributed by atoms with Crippen LogP contribution in [0.1, 0.15) is 18.1 Å². The molecule has 0 saturated carbocycles. The monoisotopic (exact) mass is 336 g/mol. The molecule has 1 fully saturated rings. The smallest absolute Gasteiger partial charge is 0.240 e. The molecule has 1 aliphatic rings. The molecule has 8 nitrogen and oxygen atoms in total. The molecule has 1 saturated heterocycles. The zero-order chi connectivity index (χ0) is 16.2. The van der Waals surface area contributed by atoms with E-state index in [0.717, 1.165) is 19.5 Å². The highest BCUT2D eigenvalue weighted by Crippen LogP contribution is 2.16. The van der Waals surface area contributed by atoms with E-state index in [1.807, 2.05) is 5.38 Å². The average molecular weight is 336 g/mol. The number of nitrogens with zero attached hydrogens (tertiary/aromatic N) is 5. The standard InChI is InChI=1S/C14H20N6O2S/c1-10-16-12(18-22-10)8-19(2)11-3-5-20(7-11)9-13(21)17-14-15-4-6-23-14/h4,6,11H,3,5,7-9H2,1-2H3,(H,15,17,21)/t11-/m1/s1. The predicted molar refractivity (Wildman–Crippen MR) is 86.1 cm³/mol. The van der Waals surface area contributed by atoms with Gasteiger partial charge in [-0.1, -0.05) is 5.16 Å². The summed E-state index contributed by atoms with van der Waals surface area (Å²) in [6.07, 6.45) is 2.71. The number of likely N-dealkylation sites (N-methyl/N-ethyl adjacent to an activating group) is 1. The summed E-state index contributed by atoms with van der Waals surface area (Å²) in [4.78, 5) is 24.7. The van der Waals surface area contributed by atoms with Crippen LogP contribution in [0.3, 0.4) is 0 Å². The summed E-state index contributed by atoms with van der Waals surface area (Å²) in [5.74, 6) is 1.27. The molecular weight excluding hydrogens is 316 g/mol. The molecule has 1 amide bonds. The number of rotatable bonds is 6. The van der Waals surface area contributed by atoms with Gasteiger partial charge in [0.25, 0.3) is 0 Å². The SMILES string of the molecule is Cc1nc(CN(C)[C@@H]2CCN(CC(=O)Nc3nccs3)C2)no1. The van der Waals surface area contributed by atoms with Gasteiger partial charge < -0.3 is 9.84 Å². The van der Waals surface area contributed by atoms with E-state index in [1.165, 1.54) is 11.3 Å². The molecule has 124 valence electrons. The fourth-order valence-electron chi connectivity index (χ4n) is 2.72. The van der Waals surface area contributed by atoms with Crippen LogP contribution in [0.5, 0.6) is 0 Å². The van der Waals surface area contributed by atoms with E-state index in [0.29, 0.717) is 36.0 Å². The van der Waals surface area contributed by atoms with Crippen molar-refractivity contribution >= 4 is 22.4 Å². The maximum absolute atomic E-state index is 12.0. The number of likely N-dealkylation sites (tertiary alicyclic amines) is 1. The van der Waals surface area contributed by atoms with Crippen molar-refractivity contribution < 1.29 is 9.32 Å². The minimum atomic E-state index is -0.0166. The lowest BCUT2D eigenvalue weighted by molar-refractivity contribution is -0.117. The minimum Gasteiger partial charge on any atom is -0.340 e. The summed E-state index contributed by atoms with van der Waals surface area (Å²) in [7, 11) is 2.05. The van der Waals surface area contributed by atoms with Gasteiger partial charge in [0.2, 0.25) is 11.8 Å². The number of carbonyl (C=O) groups excluding carboxylic acids is 1. The highest BCUT2D eigenvalue weighted by atomic mass is 32.1. The van der Waals surface area contributed by atoms with Gasteiger partial charge in [-0.15, -0.1) is 11.3 Å². The lowest BCUT2D eigenvalue weighted by Crippen LogP contribution is -2.37. The first kappa shape index (κ1) is 16.0. The quantitative estimate of drug-likeness (QED) is 0.841. The predicted octanol–water partition coefficient (Wildman–Crippen LogP) is 0.979. The van der Waals surface area contributed by atoms with Crippen molar-refractivity contribution in [2.45, 2.75) is 25.9 Å². The van der Waals surface area contributed by atoms with Crippen LogP contribution in [0.25, 0.3) is 0 Å². The zero-order valence-corrected chi connectivity index (χ0v) is 14.0. The third kappa shape index (κ3) is 4.34. The second-order valence-electron chi connectivity index (χ2n) is 5.71. The molecule has 0 radical (unpaired) electrons. The molecule has 0 aromatic carbocycles. The molecule has 9 heteroatoms. The highest BCUT2D eigenvalue weighted by Gasteiger charge is 2.27. The Morgan fingerprint density at radius 3 is 3.17 bits per heavy atom. The third-order valence-corrected chi connectivity index (χ3v) is 4.57. The molecule has 0 bridgehead atoms. The summed E-state index contributed by atoms with van der Waals surface area (Å²) in [5, 5.41) is 9.23. The summed E-state index contributed by atoms with van der Waals surface area (Å²) in [6, 6.07) is 0.390. The largest absolute Gasteiger partial charge is 0.340 e. The van der Waals surface area contributed by atoms with E-state index < -0.39 is 0 Å². The number of amides is 1. The van der Waals surface area contributed by atoms with Gasteiger partial charge in [-0.3, -0.25) is 14.6 Å². The van der Waals surface area contributed by atoms with Gasteiger partial charge >= 0.3 is 0 Å². The number of aromatic nitrogens is 3. The summed E-state index contributed by atoms with van der Waals surface area (Å²) in [5.41, 5.74) is 0. The van der Waals surface area contributed by atoms with E-state index >= 15 is 0 Å². The van der Waals surface area contributed by atoms with Crippen molar-refractivity contribution in [3.05, 3.63) is 23.3 Å². The van der Waals surface area contributed by atoms with Gasteiger partial charge in [0, 0.05) is 37.6 Å². The van der Waals surface area contributed by atoms with Gasteiger partial charge in [0.1, 0.15) is 0 Å². The first-order valence-electron chi connectivity index (χ1n) is 7.51. The molecule has 2 aromatic heterocycles. The van der Waals surface area contributed by atoms with Crippen LogP contribution in [-0.2, 0) is 11.3 Å². The molecule has 23 heavy (non-hydrogen) atoms.